The van der Waals surface area contributed by atoms with E-state index in [2.05, 4.69) is 0 Å². The van der Waals surface area contributed by atoms with E-state index in [1.807, 2.05) is 0 Å². The average Bonchev–Trinajstić information content (AvgIpc) is 1.00. The maximum absolute atomic E-state index is 8.06. The zero-order valence-electron chi connectivity index (χ0n) is 1.62. The summed E-state index contributed by atoms with van der Waals surface area (Å²) in [4.78, 5) is 0. The molecule has 0 saturated carbocycles. The van der Waals surface area contributed by atoms with E-state index in [-0.39, 0.29) is 52.4 Å². The van der Waals surface area contributed by atoms with Crippen molar-refractivity contribution < 1.29 is 76.7 Å². The monoisotopic (exact) mass is 321 g/mol. The first-order valence-corrected chi connectivity index (χ1v) is 0.728. The fourth-order valence-corrected chi connectivity index (χ4v) is 0. The number of hydrogen-bond donors (Lipinski definition) is 0. The molecule has 4 heavy (non-hydrogen) atoms. The van der Waals surface area contributed by atoms with E-state index in [0.717, 1.165) is 0 Å². The fraction of sp³-hybridized carbons (Fsp3) is 0. The molecule has 0 bridgehead atoms. The molecule has 4 heteroatoms. The second-order valence-electron chi connectivity index (χ2n) is 0. The van der Waals surface area contributed by atoms with E-state index in [4.69, 9.17) is 3.25 Å². The van der Waals surface area contributed by atoms with Gasteiger partial charge in [0.25, 0.3) is 0 Å². The Balaban J connectivity index is -0.00000000500. The molecule has 0 atom stereocenters. The Labute approximate surface area is 75.3 Å². The van der Waals surface area contributed by atoms with Crippen molar-refractivity contribution in [1.82, 2.24) is 0 Å². The van der Waals surface area contributed by atoms with Gasteiger partial charge in [-0.15, -0.1) is 0 Å². The van der Waals surface area contributed by atoms with Gasteiger partial charge in [-0.3, -0.25) is 0 Å². The normalized spacial score (nSPS) is 1.50. The van der Waals surface area contributed by atoms with Crippen molar-refractivity contribution in [3.8, 4) is 0 Å². The van der Waals surface area contributed by atoms with E-state index in [1.54, 1.807) is 21.0 Å². The Morgan fingerprint density at radius 3 is 1.25 bits per heavy atom. The first-order chi connectivity index (χ1) is 1.00. The van der Waals surface area contributed by atoms with Gasteiger partial charge in [0, 0.05) is 52.4 Å². The molecule has 0 rings (SSSR count). The minimum absolute atomic E-state index is 0. The summed E-state index contributed by atoms with van der Waals surface area (Å²) in [5, 5.41) is 0. The van der Waals surface area contributed by atoms with Gasteiger partial charge in [0.1, 0.15) is 0 Å². The van der Waals surface area contributed by atoms with Crippen molar-refractivity contribution in [2.75, 3.05) is 0 Å². The third kappa shape index (κ3) is 8.87. The molecular weight excluding hydrogens is 322 g/mol. The van der Waals surface area contributed by atoms with Crippen LogP contribution >= 0.6 is 0 Å². The van der Waals surface area contributed by atoms with Gasteiger partial charge in [0.2, 0.25) is 0 Å². The molecule has 0 aliphatic rings. The molecule has 0 aliphatic heterocycles. The van der Waals surface area contributed by atoms with Crippen LogP contribution in [0, 0.1) is 35.6 Å². The van der Waals surface area contributed by atoms with E-state index < -0.39 is 0 Å². The van der Waals surface area contributed by atoms with Gasteiger partial charge in [0.15, 0.2) is 0 Å². The molecule has 0 unspecified atom stereocenters. The van der Waals surface area contributed by atoms with Gasteiger partial charge < -0.3 is 0 Å². The Bertz CT molecular complexity index is 8.00. The van der Waals surface area contributed by atoms with Gasteiger partial charge >= 0.3 is 24.3 Å². The molecule has 0 aromatic rings. The van der Waals surface area contributed by atoms with Crippen LogP contribution in [0.5, 0.6) is 0 Å². The van der Waals surface area contributed by atoms with Gasteiger partial charge in [-0.1, -0.05) is 0 Å². The fourth-order valence-electron chi connectivity index (χ4n) is 0. The summed E-state index contributed by atoms with van der Waals surface area (Å²) in [6, 6.07) is 0. The standard InChI is InChI=1S/Ag.Co.La.O. The number of rotatable bonds is 0. The molecule has 0 aromatic heterocycles. The zero-order chi connectivity index (χ0) is 2.00. The Morgan fingerprint density at radius 1 is 1.25 bits per heavy atom. The minimum atomic E-state index is 0. The van der Waals surface area contributed by atoms with Gasteiger partial charge in [-0.05, 0) is 0 Å². The summed E-state index contributed by atoms with van der Waals surface area (Å²) in [5.41, 5.74) is 0. The topological polar surface area (TPSA) is 17.1 Å². The van der Waals surface area contributed by atoms with Crippen molar-refractivity contribution in [3.63, 3.8) is 0 Å². The zero-order valence-corrected chi connectivity index (χ0v) is 7.77. The van der Waals surface area contributed by atoms with Crippen LogP contribution in [0.3, 0.4) is 0 Å². The molecular formula is AgCoLaO. The molecule has 2 radical (unpaired) electrons. The third-order valence-electron chi connectivity index (χ3n) is 0. The van der Waals surface area contributed by atoms with E-state index in [9.17, 15) is 0 Å². The van der Waals surface area contributed by atoms with Gasteiger partial charge in [-0.25, -0.2) is 0 Å². The molecule has 0 amide bonds. The van der Waals surface area contributed by atoms with E-state index >= 15 is 0 Å². The van der Waals surface area contributed by atoms with Crippen LogP contribution in [0.1, 0.15) is 0 Å². The maximum atomic E-state index is 8.06. The van der Waals surface area contributed by atoms with Crippen molar-refractivity contribution >= 4 is 0 Å². The summed E-state index contributed by atoms with van der Waals surface area (Å²) in [6.07, 6.45) is 0. The second kappa shape index (κ2) is 18.8. The van der Waals surface area contributed by atoms with Gasteiger partial charge in [0.05, 0.1) is 0 Å². The first kappa shape index (κ1) is 16.3. The van der Waals surface area contributed by atoms with Crippen molar-refractivity contribution in [2.24, 2.45) is 0 Å². The molecule has 0 fully saturated rings. The van der Waals surface area contributed by atoms with Crippen molar-refractivity contribution in [1.29, 1.82) is 0 Å². The predicted octanol–water partition coefficient (Wildman–Crippen LogP) is -0.124. The molecule has 0 spiro atoms. The van der Waals surface area contributed by atoms with Crippen molar-refractivity contribution in [2.45, 2.75) is 0 Å². The molecule has 29 valence electrons. The summed E-state index contributed by atoms with van der Waals surface area (Å²) in [6.45, 7) is 0. The van der Waals surface area contributed by atoms with E-state index in [1.165, 1.54) is 0 Å². The molecule has 1 nitrogen and oxygen atoms in total. The van der Waals surface area contributed by atoms with Crippen LogP contribution in [-0.4, -0.2) is 0 Å². The SMILES string of the molecule is [Co].[La].[O]=[Ag]. The Morgan fingerprint density at radius 2 is 1.25 bits per heavy atom. The Kier molecular flexibility index (Phi) is 76.6. The molecule has 0 aliphatic carbocycles. The van der Waals surface area contributed by atoms with Crippen LogP contribution < -0.4 is 0 Å². The molecule has 0 heterocycles. The Hall–Kier alpha value is 2.24. The van der Waals surface area contributed by atoms with Crippen LogP contribution in [0.15, 0.2) is 0 Å². The van der Waals surface area contributed by atoms with Crippen LogP contribution in [0.25, 0.3) is 0 Å². The van der Waals surface area contributed by atoms with Crippen LogP contribution in [0.2, 0.25) is 0 Å². The molecule has 0 saturated heterocycles. The van der Waals surface area contributed by atoms with Crippen LogP contribution in [0.4, 0.5) is 0 Å². The van der Waals surface area contributed by atoms with Crippen molar-refractivity contribution in [3.05, 3.63) is 0 Å². The van der Waals surface area contributed by atoms with Crippen LogP contribution in [-0.2, 0) is 41.1 Å². The second-order valence-corrected chi connectivity index (χ2v) is 0. The summed E-state index contributed by atoms with van der Waals surface area (Å²) in [7, 11) is 0. The summed E-state index contributed by atoms with van der Waals surface area (Å²) < 4.78 is 8.06. The molecule has 0 aromatic carbocycles. The number of hydrogen-bond acceptors (Lipinski definition) is 1. The molecule has 0 N–H and O–H groups in total. The third-order valence-corrected chi connectivity index (χ3v) is 0. The van der Waals surface area contributed by atoms with Gasteiger partial charge in [-0.2, -0.15) is 0 Å². The average molecular weight is 322 g/mol. The summed E-state index contributed by atoms with van der Waals surface area (Å²) >= 11 is 1.70. The van der Waals surface area contributed by atoms with E-state index in [0.29, 0.717) is 0 Å². The predicted molar refractivity (Wildman–Crippen MR) is 0.686 cm³/mol. The first-order valence-electron chi connectivity index (χ1n) is 0.123. The summed E-state index contributed by atoms with van der Waals surface area (Å²) in [5.74, 6) is 0. The quantitative estimate of drug-likeness (QED) is 0.569.